The molecule has 0 aromatic rings. The quantitative estimate of drug-likeness (QED) is 0.632. The smallest absolute Gasteiger partial charge is 0.0932 e. The van der Waals surface area contributed by atoms with Crippen LogP contribution in [0.5, 0.6) is 0 Å². The fourth-order valence-electron chi connectivity index (χ4n) is 1.17. The van der Waals surface area contributed by atoms with Gasteiger partial charge in [-0.2, -0.15) is 0 Å². The molecule has 0 aliphatic heterocycles. The zero-order valence-electron chi connectivity index (χ0n) is 10.9. The Morgan fingerprint density at radius 2 is 1.93 bits per heavy atom. The highest BCUT2D eigenvalue weighted by Gasteiger charge is 2.14. The van der Waals surface area contributed by atoms with Gasteiger partial charge in [-0.25, -0.2) is 0 Å². The monoisotopic (exact) mass is 217 g/mol. The van der Waals surface area contributed by atoms with E-state index in [9.17, 15) is 0 Å². The Hall–Kier alpha value is -0.120. The van der Waals surface area contributed by atoms with Gasteiger partial charge < -0.3 is 14.8 Å². The van der Waals surface area contributed by atoms with Gasteiger partial charge in [0.2, 0.25) is 0 Å². The van der Waals surface area contributed by atoms with Gasteiger partial charge in [-0.05, 0) is 27.2 Å². The maximum absolute atomic E-state index is 5.73. The third-order valence-electron chi connectivity index (χ3n) is 2.06. The number of methoxy groups -OCH3 is 1. The van der Waals surface area contributed by atoms with Gasteiger partial charge in [0, 0.05) is 25.8 Å². The normalized spacial score (nSPS) is 14.2. The van der Waals surface area contributed by atoms with Crippen molar-refractivity contribution in [2.45, 2.75) is 52.2 Å². The van der Waals surface area contributed by atoms with E-state index in [1.807, 2.05) is 0 Å². The maximum Gasteiger partial charge on any atom is 0.0932 e. The Balaban J connectivity index is 3.72. The molecule has 0 aliphatic carbocycles. The summed E-state index contributed by atoms with van der Waals surface area (Å²) in [7, 11) is 1.72. The molecule has 0 heterocycles. The van der Waals surface area contributed by atoms with Crippen LogP contribution in [0.15, 0.2) is 0 Å². The topological polar surface area (TPSA) is 30.5 Å². The number of hydrogen-bond donors (Lipinski definition) is 1. The van der Waals surface area contributed by atoms with Gasteiger partial charge in [0.25, 0.3) is 0 Å². The minimum absolute atomic E-state index is 0.139. The molecular formula is C12H27NO2. The average Bonchev–Trinajstić information content (AvgIpc) is 2.13. The van der Waals surface area contributed by atoms with Crippen molar-refractivity contribution < 1.29 is 9.47 Å². The highest BCUT2D eigenvalue weighted by molar-refractivity contribution is 4.73. The molecule has 3 nitrogen and oxygen atoms in total. The van der Waals surface area contributed by atoms with Crippen molar-refractivity contribution in [2.24, 2.45) is 0 Å². The number of nitrogens with one attached hydrogen (secondary N) is 1. The summed E-state index contributed by atoms with van der Waals surface area (Å²) in [6.45, 7) is 11.0. The lowest BCUT2D eigenvalue weighted by atomic mass is 10.1. The zero-order chi connectivity index (χ0) is 11.7. The Morgan fingerprint density at radius 3 is 2.40 bits per heavy atom. The molecule has 0 aliphatic rings. The van der Waals surface area contributed by atoms with E-state index in [1.165, 1.54) is 6.42 Å². The summed E-state index contributed by atoms with van der Waals surface area (Å²) in [6, 6.07) is 0. The molecule has 0 spiro atoms. The predicted octanol–water partition coefficient (Wildman–Crippen LogP) is 2.21. The molecular weight excluding hydrogens is 190 g/mol. The van der Waals surface area contributed by atoms with Crippen molar-refractivity contribution in [1.82, 2.24) is 5.32 Å². The van der Waals surface area contributed by atoms with Crippen LogP contribution in [-0.4, -0.2) is 38.5 Å². The second kappa shape index (κ2) is 8.08. The van der Waals surface area contributed by atoms with E-state index in [2.05, 4.69) is 33.0 Å². The van der Waals surface area contributed by atoms with Crippen LogP contribution in [0.1, 0.15) is 40.5 Å². The Labute approximate surface area is 94.5 Å². The van der Waals surface area contributed by atoms with Gasteiger partial charge in [-0.3, -0.25) is 0 Å². The molecule has 1 N–H and O–H groups in total. The fourth-order valence-corrected chi connectivity index (χ4v) is 1.17. The number of unbranched alkanes of at least 4 members (excludes halogenated alkanes) is 1. The van der Waals surface area contributed by atoms with E-state index >= 15 is 0 Å². The lowest BCUT2D eigenvalue weighted by Gasteiger charge is -2.25. The van der Waals surface area contributed by atoms with Gasteiger partial charge >= 0.3 is 0 Å². The molecule has 15 heavy (non-hydrogen) atoms. The minimum Gasteiger partial charge on any atom is -0.382 e. The maximum atomic E-state index is 5.73. The van der Waals surface area contributed by atoms with Crippen molar-refractivity contribution in [1.29, 1.82) is 0 Å². The van der Waals surface area contributed by atoms with Crippen LogP contribution in [0, 0.1) is 0 Å². The SMILES string of the molecule is CCCCOC(CNC(C)(C)C)COC. The highest BCUT2D eigenvalue weighted by Crippen LogP contribution is 2.01. The summed E-state index contributed by atoms with van der Waals surface area (Å²) in [6.07, 6.45) is 2.46. The van der Waals surface area contributed by atoms with Gasteiger partial charge in [-0.1, -0.05) is 13.3 Å². The Bertz CT molecular complexity index is 143. The first-order valence-corrected chi connectivity index (χ1v) is 5.85. The van der Waals surface area contributed by atoms with Crippen LogP contribution in [0.25, 0.3) is 0 Å². The lowest BCUT2D eigenvalue weighted by molar-refractivity contribution is -0.00479. The number of hydrogen-bond acceptors (Lipinski definition) is 3. The van der Waals surface area contributed by atoms with Crippen molar-refractivity contribution in [3.8, 4) is 0 Å². The van der Waals surface area contributed by atoms with E-state index in [-0.39, 0.29) is 11.6 Å². The molecule has 92 valence electrons. The first kappa shape index (κ1) is 14.9. The minimum atomic E-state index is 0.139. The number of ether oxygens (including phenoxy) is 2. The summed E-state index contributed by atoms with van der Waals surface area (Å²) < 4.78 is 10.9. The Kier molecular flexibility index (Phi) is 8.02. The van der Waals surface area contributed by atoms with E-state index in [0.717, 1.165) is 19.6 Å². The molecule has 0 fully saturated rings. The first-order valence-electron chi connectivity index (χ1n) is 5.85. The van der Waals surface area contributed by atoms with Crippen molar-refractivity contribution in [2.75, 3.05) is 26.9 Å². The van der Waals surface area contributed by atoms with E-state index in [0.29, 0.717) is 6.61 Å². The molecule has 0 aromatic carbocycles. The van der Waals surface area contributed by atoms with Crippen molar-refractivity contribution in [3.05, 3.63) is 0 Å². The van der Waals surface area contributed by atoms with Crippen molar-refractivity contribution in [3.63, 3.8) is 0 Å². The molecule has 0 rings (SSSR count). The molecule has 0 bridgehead atoms. The second-order valence-electron chi connectivity index (χ2n) is 4.93. The summed E-state index contributed by atoms with van der Waals surface area (Å²) in [5, 5.41) is 3.43. The molecule has 0 aromatic heterocycles. The molecule has 1 atom stereocenters. The first-order chi connectivity index (χ1) is 6.99. The summed E-state index contributed by atoms with van der Waals surface area (Å²) >= 11 is 0. The van der Waals surface area contributed by atoms with Crippen molar-refractivity contribution >= 4 is 0 Å². The molecule has 0 radical (unpaired) electrons. The van der Waals surface area contributed by atoms with E-state index in [1.54, 1.807) is 7.11 Å². The van der Waals surface area contributed by atoms with Crippen LogP contribution in [0.3, 0.4) is 0 Å². The van der Waals surface area contributed by atoms with Crippen LogP contribution in [-0.2, 0) is 9.47 Å². The molecule has 0 saturated carbocycles. The zero-order valence-corrected chi connectivity index (χ0v) is 10.9. The van der Waals surface area contributed by atoms with Crippen LogP contribution >= 0.6 is 0 Å². The summed E-state index contributed by atoms with van der Waals surface area (Å²) in [5.41, 5.74) is 0.139. The fraction of sp³-hybridized carbons (Fsp3) is 1.00. The van der Waals surface area contributed by atoms with Crippen LogP contribution in [0.4, 0.5) is 0 Å². The highest BCUT2D eigenvalue weighted by atomic mass is 16.5. The lowest BCUT2D eigenvalue weighted by Crippen LogP contribution is -2.43. The molecule has 1 unspecified atom stereocenters. The van der Waals surface area contributed by atoms with Gasteiger partial charge in [0.1, 0.15) is 0 Å². The van der Waals surface area contributed by atoms with E-state index < -0.39 is 0 Å². The molecule has 3 heteroatoms. The van der Waals surface area contributed by atoms with Crippen LogP contribution < -0.4 is 5.32 Å². The second-order valence-corrected chi connectivity index (χ2v) is 4.93. The predicted molar refractivity (Wildman–Crippen MR) is 64.3 cm³/mol. The van der Waals surface area contributed by atoms with Gasteiger partial charge in [-0.15, -0.1) is 0 Å². The van der Waals surface area contributed by atoms with Gasteiger partial charge in [0.05, 0.1) is 12.7 Å². The summed E-state index contributed by atoms with van der Waals surface area (Å²) in [4.78, 5) is 0. The largest absolute Gasteiger partial charge is 0.382 e. The Morgan fingerprint density at radius 1 is 1.27 bits per heavy atom. The molecule has 0 amide bonds. The third kappa shape index (κ3) is 10.2. The average molecular weight is 217 g/mol. The molecule has 0 saturated heterocycles. The van der Waals surface area contributed by atoms with Crippen LogP contribution in [0.2, 0.25) is 0 Å². The summed E-state index contributed by atoms with van der Waals surface area (Å²) in [5.74, 6) is 0. The van der Waals surface area contributed by atoms with E-state index in [4.69, 9.17) is 9.47 Å². The third-order valence-corrected chi connectivity index (χ3v) is 2.06. The van der Waals surface area contributed by atoms with Gasteiger partial charge in [0.15, 0.2) is 0 Å². The standard InChI is InChI=1S/C12H27NO2/c1-6-7-8-15-11(10-14-5)9-13-12(2,3)4/h11,13H,6-10H2,1-5H3. The number of rotatable bonds is 8.